The summed E-state index contributed by atoms with van der Waals surface area (Å²) in [4.78, 5) is 4.21. The minimum absolute atomic E-state index is 0.217. The number of aryl methyl sites for hydroxylation is 1. The predicted molar refractivity (Wildman–Crippen MR) is 72.5 cm³/mol. The Bertz CT molecular complexity index is 345. The van der Waals surface area contributed by atoms with Crippen molar-refractivity contribution in [1.82, 2.24) is 15.2 Å². The van der Waals surface area contributed by atoms with E-state index in [-0.39, 0.29) is 5.95 Å². The van der Waals surface area contributed by atoms with Crippen molar-refractivity contribution in [3.8, 4) is 0 Å². The van der Waals surface area contributed by atoms with Crippen LogP contribution >= 0.6 is 0 Å². The molecule has 0 spiro atoms. The SMILES string of the molecule is CCCCNc1nc(N)nnc1CCCCOC. The largest absolute Gasteiger partial charge is 0.385 e. The predicted octanol–water partition coefficient (Wildman–Crippen LogP) is 1.63. The van der Waals surface area contributed by atoms with E-state index in [4.69, 9.17) is 10.5 Å². The molecule has 0 bridgehead atoms. The van der Waals surface area contributed by atoms with Crippen molar-refractivity contribution < 1.29 is 4.74 Å². The van der Waals surface area contributed by atoms with Gasteiger partial charge in [-0.3, -0.25) is 0 Å². The van der Waals surface area contributed by atoms with Gasteiger partial charge in [-0.2, -0.15) is 4.98 Å². The van der Waals surface area contributed by atoms with Crippen LogP contribution in [0.15, 0.2) is 0 Å². The quantitative estimate of drug-likeness (QED) is 0.651. The van der Waals surface area contributed by atoms with Crippen LogP contribution in [0.5, 0.6) is 0 Å². The van der Waals surface area contributed by atoms with Gasteiger partial charge in [0.05, 0.1) is 0 Å². The van der Waals surface area contributed by atoms with Crippen LogP contribution in [0.3, 0.4) is 0 Å². The van der Waals surface area contributed by atoms with Crippen molar-refractivity contribution in [3.05, 3.63) is 5.69 Å². The maximum atomic E-state index is 5.56. The standard InChI is InChI=1S/C12H23N5O/c1-3-4-8-14-11-10(7-5-6-9-18-2)16-17-12(13)15-11/h3-9H2,1-2H3,(H3,13,14,15,17). The molecular weight excluding hydrogens is 230 g/mol. The highest BCUT2D eigenvalue weighted by Crippen LogP contribution is 2.13. The second kappa shape index (κ2) is 8.63. The molecule has 1 aromatic heterocycles. The van der Waals surface area contributed by atoms with Gasteiger partial charge in [0, 0.05) is 20.3 Å². The summed E-state index contributed by atoms with van der Waals surface area (Å²) >= 11 is 0. The van der Waals surface area contributed by atoms with E-state index in [1.165, 1.54) is 0 Å². The van der Waals surface area contributed by atoms with Crippen LogP contribution in [-0.2, 0) is 11.2 Å². The minimum Gasteiger partial charge on any atom is -0.385 e. The monoisotopic (exact) mass is 253 g/mol. The van der Waals surface area contributed by atoms with Gasteiger partial charge in [0.2, 0.25) is 5.95 Å². The fourth-order valence-corrected chi connectivity index (χ4v) is 1.59. The van der Waals surface area contributed by atoms with Gasteiger partial charge in [-0.05, 0) is 25.7 Å². The van der Waals surface area contributed by atoms with Gasteiger partial charge < -0.3 is 15.8 Å². The molecule has 6 heteroatoms. The van der Waals surface area contributed by atoms with Crippen molar-refractivity contribution in [2.45, 2.75) is 39.0 Å². The van der Waals surface area contributed by atoms with Crippen LogP contribution in [0, 0.1) is 0 Å². The van der Waals surface area contributed by atoms with Crippen LogP contribution in [0.25, 0.3) is 0 Å². The number of nitrogen functional groups attached to an aromatic ring is 1. The van der Waals surface area contributed by atoms with Crippen LogP contribution < -0.4 is 11.1 Å². The van der Waals surface area contributed by atoms with Crippen molar-refractivity contribution in [3.63, 3.8) is 0 Å². The van der Waals surface area contributed by atoms with E-state index in [2.05, 4.69) is 27.4 Å². The molecule has 0 aliphatic carbocycles. The summed E-state index contributed by atoms with van der Waals surface area (Å²) < 4.78 is 5.02. The first-order valence-electron chi connectivity index (χ1n) is 6.49. The maximum Gasteiger partial charge on any atom is 0.242 e. The van der Waals surface area contributed by atoms with Crippen molar-refractivity contribution in [2.75, 3.05) is 31.3 Å². The molecule has 0 fully saturated rings. The van der Waals surface area contributed by atoms with E-state index >= 15 is 0 Å². The normalized spacial score (nSPS) is 10.6. The Balaban J connectivity index is 2.52. The van der Waals surface area contributed by atoms with E-state index in [0.29, 0.717) is 0 Å². The number of unbranched alkanes of at least 4 members (excludes halogenated alkanes) is 2. The number of aromatic nitrogens is 3. The smallest absolute Gasteiger partial charge is 0.242 e. The van der Waals surface area contributed by atoms with Crippen LogP contribution in [-0.4, -0.2) is 35.4 Å². The van der Waals surface area contributed by atoms with E-state index in [9.17, 15) is 0 Å². The Morgan fingerprint density at radius 1 is 1.22 bits per heavy atom. The lowest BCUT2D eigenvalue weighted by Crippen LogP contribution is -2.11. The molecule has 18 heavy (non-hydrogen) atoms. The van der Waals surface area contributed by atoms with Crippen LogP contribution in [0.4, 0.5) is 11.8 Å². The summed E-state index contributed by atoms with van der Waals surface area (Å²) in [5, 5.41) is 11.2. The lowest BCUT2D eigenvalue weighted by atomic mass is 10.2. The Kier molecular flexibility index (Phi) is 7.01. The van der Waals surface area contributed by atoms with Crippen molar-refractivity contribution >= 4 is 11.8 Å². The number of ether oxygens (including phenoxy) is 1. The molecular formula is C12H23N5O. The number of nitrogens with two attached hydrogens (primary N) is 1. The summed E-state index contributed by atoms with van der Waals surface area (Å²) in [6.07, 6.45) is 5.11. The Morgan fingerprint density at radius 3 is 2.78 bits per heavy atom. The van der Waals surface area contributed by atoms with Crippen molar-refractivity contribution in [2.24, 2.45) is 0 Å². The minimum atomic E-state index is 0.217. The Morgan fingerprint density at radius 2 is 2.06 bits per heavy atom. The fraction of sp³-hybridized carbons (Fsp3) is 0.750. The third-order valence-corrected chi connectivity index (χ3v) is 2.61. The zero-order valence-corrected chi connectivity index (χ0v) is 11.3. The third kappa shape index (κ3) is 5.27. The van der Waals surface area contributed by atoms with E-state index in [1.54, 1.807) is 7.11 Å². The molecule has 0 unspecified atom stereocenters. The molecule has 1 rings (SSSR count). The molecule has 102 valence electrons. The highest BCUT2D eigenvalue weighted by molar-refractivity contribution is 5.42. The average Bonchev–Trinajstić information content (AvgIpc) is 2.37. The first-order valence-corrected chi connectivity index (χ1v) is 6.49. The second-order valence-electron chi connectivity index (χ2n) is 4.20. The van der Waals surface area contributed by atoms with E-state index in [0.717, 1.165) is 56.8 Å². The molecule has 0 radical (unpaired) electrons. The fourth-order valence-electron chi connectivity index (χ4n) is 1.59. The third-order valence-electron chi connectivity index (χ3n) is 2.61. The highest BCUT2D eigenvalue weighted by Gasteiger charge is 2.07. The van der Waals surface area contributed by atoms with Gasteiger partial charge in [0.15, 0.2) is 5.82 Å². The summed E-state index contributed by atoms with van der Waals surface area (Å²) in [6.45, 7) is 3.81. The topological polar surface area (TPSA) is 86.0 Å². The number of nitrogens with zero attached hydrogens (tertiary/aromatic N) is 3. The number of anilines is 2. The molecule has 0 saturated carbocycles. The Hall–Kier alpha value is -1.43. The molecule has 0 aliphatic heterocycles. The second-order valence-corrected chi connectivity index (χ2v) is 4.20. The number of hydrogen-bond donors (Lipinski definition) is 2. The zero-order chi connectivity index (χ0) is 13.2. The highest BCUT2D eigenvalue weighted by atomic mass is 16.5. The average molecular weight is 253 g/mol. The van der Waals surface area contributed by atoms with Gasteiger partial charge in [-0.1, -0.05) is 13.3 Å². The molecule has 1 aromatic rings. The lowest BCUT2D eigenvalue weighted by Gasteiger charge is -2.09. The van der Waals surface area contributed by atoms with Crippen LogP contribution in [0.2, 0.25) is 0 Å². The van der Waals surface area contributed by atoms with Gasteiger partial charge in [-0.15, -0.1) is 10.2 Å². The van der Waals surface area contributed by atoms with Gasteiger partial charge in [0.1, 0.15) is 5.69 Å². The van der Waals surface area contributed by atoms with Gasteiger partial charge in [-0.25, -0.2) is 0 Å². The van der Waals surface area contributed by atoms with Gasteiger partial charge >= 0.3 is 0 Å². The number of methoxy groups -OCH3 is 1. The van der Waals surface area contributed by atoms with E-state index in [1.807, 2.05) is 0 Å². The summed E-state index contributed by atoms with van der Waals surface area (Å²) in [5.74, 6) is 0.989. The summed E-state index contributed by atoms with van der Waals surface area (Å²) in [5.41, 5.74) is 6.45. The molecule has 3 N–H and O–H groups in total. The zero-order valence-electron chi connectivity index (χ0n) is 11.3. The molecule has 0 aliphatic rings. The van der Waals surface area contributed by atoms with Crippen LogP contribution in [0.1, 0.15) is 38.3 Å². The first kappa shape index (κ1) is 14.6. The first-order chi connectivity index (χ1) is 8.77. The lowest BCUT2D eigenvalue weighted by molar-refractivity contribution is 0.193. The molecule has 0 saturated heterocycles. The maximum absolute atomic E-state index is 5.56. The number of hydrogen-bond acceptors (Lipinski definition) is 6. The number of rotatable bonds is 9. The van der Waals surface area contributed by atoms with Gasteiger partial charge in [0.25, 0.3) is 0 Å². The van der Waals surface area contributed by atoms with Crippen molar-refractivity contribution in [1.29, 1.82) is 0 Å². The molecule has 0 amide bonds. The molecule has 0 atom stereocenters. The van der Waals surface area contributed by atoms with E-state index < -0.39 is 0 Å². The summed E-state index contributed by atoms with van der Waals surface area (Å²) in [7, 11) is 1.71. The molecule has 1 heterocycles. The molecule has 0 aromatic carbocycles. The Labute approximate surface area is 108 Å². The molecule has 6 nitrogen and oxygen atoms in total. The number of nitrogens with one attached hydrogen (secondary N) is 1. The summed E-state index contributed by atoms with van der Waals surface area (Å²) in [6, 6.07) is 0.